The van der Waals surface area contributed by atoms with Gasteiger partial charge in [0.05, 0.1) is 0 Å². The molecular formula is C19H40O. The molecule has 0 rings (SSSR count). The zero-order chi connectivity index (χ0) is 14.9. The molecule has 0 radical (unpaired) electrons. The van der Waals surface area contributed by atoms with Gasteiger partial charge in [0.2, 0.25) is 0 Å². The molecule has 1 N–H and O–H groups in total. The lowest BCUT2D eigenvalue weighted by atomic mass is 9.96. The van der Waals surface area contributed by atoms with E-state index >= 15 is 0 Å². The van der Waals surface area contributed by atoms with Crippen molar-refractivity contribution in [1.29, 1.82) is 0 Å². The van der Waals surface area contributed by atoms with E-state index < -0.39 is 0 Å². The van der Waals surface area contributed by atoms with E-state index in [1.807, 2.05) is 0 Å². The van der Waals surface area contributed by atoms with Crippen molar-refractivity contribution in [2.24, 2.45) is 5.92 Å². The summed E-state index contributed by atoms with van der Waals surface area (Å²) in [6.45, 7) is 5.05. The van der Waals surface area contributed by atoms with Gasteiger partial charge in [-0.25, -0.2) is 0 Å². The van der Waals surface area contributed by atoms with E-state index in [1.54, 1.807) is 0 Å². The molecule has 0 saturated heterocycles. The molecule has 0 aliphatic carbocycles. The van der Waals surface area contributed by atoms with Crippen molar-refractivity contribution in [3.63, 3.8) is 0 Å². The van der Waals surface area contributed by atoms with Crippen LogP contribution in [0.2, 0.25) is 0 Å². The normalized spacial score (nSPS) is 12.8. The molecule has 0 heterocycles. The summed E-state index contributed by atoms with van der Waals surface area (Å²) in [6.07, 6.45) is 20.7. The maximum Gasteiger partial charge on any atom is 0.0431 e. The first-order valence-corrected chi connectivity index (χ1v) is 9.42. The Labute approximate surface area is 128 Å². The van der Waals surface area contributed by atoms with Gasteiger partial charge in [0.15, 0.2) is 0 Å². The summed E-state index contributed by atoms with van der Waals surface area (Å²) >= 11 is 0. The largest absolute Gasteiger partial charge is 0.396 e. The zero-order valence-electron chi connectivity index (χ0n) is 14.3. The molecule has 0 amide bonds. The highest BCUT2D eigenvalue weighted by atomic mass is 16.2. The van der Waals surface area contributed by atoms with Gasteiger partial charge in [0, 0.05) is 6.61 Å². The third kappa shape index (κ3) is 16.0. The molecule has 0 bridgehead atoms. The molecule has 0 spiro atoms. The van der Waals surface area contributed by atoms with Crippen molar-refractivity contribution in [2.75, 3.05) is 6.61 Å². The van der Waals surface area contributed by atoms with E-state index in [2.05, 4.69) is 13.8 Å². The topological polar surface area (TPSA) is 20.2 Å². The van der Waals surface area contributed by atoms with E-state index in [1.165, 1.54) is 89.9 Å². The Morgan fingerprint density at radius 1 is 0.600 bits per heavy atom. The average Bonchev–Trinajstić information content (AvgIpc) is 2.45. The van der Waals surface area contributed by atoms with Crippen molar-refractivity contribution in [3.05, 3.63) is 0 Å². The minimum atomic E-state index is 0.368. The number of hydrogen-bond donors (Lipinski definition) is 1. The molecular weight excluding hydrogens is 244 g/mol. The van der Waals surface area contributed by atoms with Crippen LogP contribution in [0.15, 0.2) is 0 Å². The van der Waals surface area contributed by atoms with Crippen LogP contribution in [0.4, 0.5) is 0 Å². The number of aliphatic hydroxyl groups is 1. The highest BCUT2D eigenvalue weighted by Crippen LogP contribution is 2.18. The molecule has 0 unspecified atom stereocenters. The molecule has 0 aliphatic heterocycles. The summed E-state index contributed by atoms with van der Waals surface area (Å²) in [4.78, 5) is 0. The first kappa shape index (κ1) is 20.0. The summed E-state index contributed by atoms with van der Waals surface area (Å²) in [5, 5.41) is 8.74. The van der Waals surface area contributed by atoms with Crippen LogP contribution in [0.3, 0.4) is 0 Å². The monoisotopic (exact) mass is 284 g/mol. The van der Waals surface area contributed by atoms with E-state index in [0.29, 0.717) is 6.61 Å². The number of unbranched alkanes of at least 4 members (excludes halogenated alkanes) is 11. The Morgan fingerprint density at radius 2 is 1.00 bits per heavy atom. The van der Waals surface area contributed by atoms with Crippen molar-refractivity contribution in [2.45, 2.75) is 110 Å². The Balaban J connectivity index is 3.07. The Bertz CT molecular complexity index is 167. The standard InChI is InChI=1S/C19H40O/c1-3-4-5-6-7-8-9-10-11-13-16-19(2)17-14-12-15-18-20/h19-20H,3-18H2,1-2H3/t19-/m0/s1. The second kappa shape index (κ2) is 17.0. The van der Waals surface area contributed by atoms with Crippen LogP contribution in [0.5, 0.6) is 0 Å². The van der Waals surface area contributed by atoms with Gasteiger partial charge >= 0.3 is 0 Å². The minimum Gasteiger partial charge on any atom is -0.396 e. The zero-order valence-corrected chi connectivity index (χ0v) is 14.3. The Morgan fingerprint density at radius 3 is 1.45 bits per heavy atom. The molecule has 1 heteroatoms. The number of aliphatic hydroxyl groups excluding tert-OH is 1. The van der Waals surface area contributed by atoms with E-state index in [9.17, 15) is 0 Å². The van der Waals surface area contributed by atoms with Gasteiger partial charge in [-0.2, -0.15) is 0 Å². The lowest BCUT2D eigenvalue weighted by Gasteiger charge is -2.10. The second-order valence-corrected chi connectivity index (χ2v) is 6.65. The maximum atomic E-state index is 8.74. The third-order valence-electron chi connectivity index (χ3n) is 4.41. The summed E-state index contributed by atoms with van der Waals surface area (Å²) < 4.78 is 0. The van der Waals surface area contributed by atoms with Crippen LogP contribution in [0.25, 0.3) is 0 Å². The van der Waals surface area contributed by atoms with Crippen LogP contribution in [0.1, 0.15) is 110 Å². The minimum absolute atomic E-state index is 0.368. The molecule has 0 aromatic rings. The summed E-state index contributed by atoms with van der Waals surface area (Å²) in [6, 6.07) is 0. The van der Waals surface area contributed by atoms with Gasteiger partial charge in [-0.15, -0.1) is 0 Å². The van der Waals surface area contributed by atoms with E-state index in [-0.39, 0.29) is 0 Å². The number of rotatable bonds is 16. The SMILES string of the molecule is CCCCCCCCCCCC[C@H](C)CCCCCO. The second-order valence-electron chi connectivity index (χ2n) is 6.65. The number of hydrogen-bond acceptors (Lipinski definition) is 1. The van der Waals surface area contributed by atoms with Gasteiger partial charge in [0.25, 0.3) is 0 Å². The predicted octanol–water partition coefficient (Wildman–Crippen LogP) is 6.49. The van der Waals surface area contributed by atoms with Crippen molar-refractivity contribution >= 4 is 0 Å². The lowest BCUT2D eigenvalue weighted by molar-refractivity contribution is 0.280. The van der Waals surface area contributed by atoms with Crippen molar-refractivity contribution < 1.29 is 5.11 Å². The fourth-order valence-electron chi connectivity index (χ4n) is 2.91. The Hall–Kier alpha value is -0.0400. The summed E-state index contributed by atoms with van der Waals surface area (Å²) in [5.41, 5.74) is 0. The van der Waals surface area contributed by atoms with Gasteiger partial charge in [0.1, 0.15) is 0 Å². The smallest absolute Gasteiger partial charge is 0.0431 e. The molecule has 0 aliphatic rings. The summed E-state index contributed by atoms with van der Waals surface area (Å²) in [5.74, 6) is 0.891. The lowest BCUT2D eigenvalue weighted by Crippen LogP contribution is -1.95. The van der Waals surface area contributed by atoms with Crippen LogP contribution < -0.4 is 0 Å². The van der Waals surface area contributed by atoms with Crippen molar-refractivity contribution in [3.8, 4) is 0 Å². The molecule has 0 aromatic heterocycles. The predicted molar refractivity (Wildman–Crippen MR) is 91.2 cm³/mol. The van der Waals surface area contributed by atoms with Crippen molar-refractivity contribution in [1.82, 2.24) is 0 Å². The molecule has 1 atom stereocenters. The quantitative estimate of drug-likeness (QED) is 0.321. The first-order valence-electron chi connectivity index (χ1n) is 9.42. The highest BCUT2D eigenvalue weighted by molar-refractivity contribution is 4.55. The molecule has 122 valence electrons. The van der Waals surface area contributed by atoms with Crippen LogP contribution in [-0.4, -0.2) is 11.7 Å². The maximum absolute atomic E-state index is 8.74. The van der Waals surface area contributed by atoms with E-state index in [4.69, 9.17) is 5.11 Å². The fraction of sp³-hybridized carbons (Fsp3) is 1.00. The van der Waals surface area contributed by atoms with Gasteiger partial charge in [-0.3, -0.25) is 0 Å². The summed E-state index contributed by atoms with van der Waals surface area (Å²) in [7, 11) is 0. The van der Waals surface area contributed by atoms with Crippen LogP contribution in [0, 0.1) is 5.92 Å². The molecule has 1 nitrogen and oxygen atoms in total. The average molecular weight is 285 g/mol. The van der Waals surface area contributed by atoms with Crippen LogP contribution in [-0.2, 0) is 0 Å². The van der Waals surface area contributed by atoms with E-state index in [0.717, 1.165) is 12.3 Å². The third-order valence-corrected chi connectivity index (χ3v) is 4.41. The first-order chi connectivity index (χ1) is 9.81. The van der Waals surface area contributed by atoms with Gasteiger partial charge in [-0.1, -0.05) is 104 Å². The molecule has 0 fully saturated rings. The van der Waals surface area contributed by atoms with Crippen LogP contribution >= 0.6 is 0 Å². The highest BCUT2D eigenvalue weighted by Gasteiger charge is 2.01. The molecule has 0 aromatic carbocycles. The fourth-order valence-corrected chi connectivity index (χ4v) is 2.91. The molecule has 0 saturated carbocycles. The molecule has 20 heavy (non-hydrogen) atoms. The van der Waals surface area contributed by atoms with Gasteiger partial charge in [-0.05, 0) is 12.3 Å². The van der Waals surface area contributed by atoms with Gasteiger partial charge < -0.3 is 5.11 Å². The Kier molecular flexibility index (Phi) is 17.0.